The molecule has 2 aliphatic carbocycles. The molecule has 2 saturated heterocycles. The number of benzene rings is 1. The smallest absolute Gasteiger partial charge is 0.411 e. The predicted molar refractivity (Wildman–Crippen MR) is 127 cm³/mol. The number of ketones is 1. The van der Waals surface area contributed by atoms with E-state index in [2.05, 4.69) is 10.6 Å². The summed E-state index contributed by atoms with van der Waals surface area (Å²) in [5.41, 5.74) is 0.336. The van der Waals surface area contributed by atoms with Gasteiger partial charge in [0.05, 0.1) is 18.3 Å². The molecule has 3 fully saturated rings. The quantitative estimate of drug-likeness (QED) is 0.643. The average molecular weight is 515 g/mol. The Morgan fingerprint density at radius 2 is 1.92 bits per heavy atom. The summed E-state index contributed by atoms with van der Waals surface area (Å²) in [5.74, 6) is -2.99. The van der Waals surface area contributed by atoms with Crippen LogP contribution in [0.15, 0.2) is 41.6 Å². The van der Waals surface area contributed by atoms with Crippen LogP contribution in [-0.4, -0.2) is 65.4 Å². The van der Waals surface area contributed by atoms with Crippen molar-refractivity contribution < 1.29 is 32.7 Å². The number of hydrogen-bond acceptors (Lipinski definition) is 5. The first-order valence-electron chi connectivity index (χ1n) is 12.3. The molecule has 2 heterocycles. The van der Waals surface area contributed by atoms with Crippen LogP contribution < -0.4 is 10.6 Å². The summed E-state index contributed by atoms with van der Waals surface area (Å²) >= 11 is 0. The van der Waals surface area contributed by atoms with Gasteiger partial charge in [0.25, 0.3) is 0 Å². The Balaban J connectivity index is 1.32. The van der Waals surface area contributed by atoms with Crippen LogP contribution in [0, 0.1) is 17.6 Å². The second kappa shape index (κ2) is 9.28. The molecule has 1 aromatic carbocycles. The molecule has 0 aromatic heterocycles. The molecule has 2 aliphatic heterocycles. The van der Waals surface area contributed by atoms with Crippen LogP contribution in [0.2, 0.25) is 0 Å². The van der Waals surface area contributed by atoms with Crippen molar-refractivity contribution in [2.45, 2.75) is 50.3 Å². The van der Waals surface area contributed by atoms with Crippen LogP contribution in [0.3, 0.4) is 0 Å². The van der Waals surface area contributed by atoms with E-state index in [0.29, 0.717) is 36.8 Å². The number of halogens is 2. The first-order chi connectivity index (χ1) is 17.6. The number of allylic oxidation sites excluding steroid dienone is 3. The molecular formula is C26H28F2N4O5. The molecule has 4 aliphatic rings. The van der Waals surface area contributed by atoms with Gasteiger partial charge >= 0.3 is 12.1 Å². The fourth-order valence-corrected chi connectivity index (χ4v) is 6.00. The van der Waals surface area contributed by atoms with Gasteiger partial charge in [-0.3, -0.25) is 14.5 Å². The second-order valence-electron chi connectivity index (χ2n) is 10.00. The lowest BCUT2D eigenvalue weighted by atomic mass is 9.85. The SMILES string of the molecule is CNC(=O)NC1=CC=C2C(CC[C@]23CN(CC(=O)N2C(c4ccc(F)c(F)c4)CC[C@@H]2C)C(=O)O3)C1=O. The first-order valence-corrected chi connectivity index (χ1v) is 12.3. The summed E-state index contributed by atoms with van der Waals surface area (Å²) in [7, 11) is 1.45. The maximum absolute atomic E-state index is 13.9. The van der Waals surface area contributed by atoms with Crippen LogP contribution in [0.1, 0.15) is 44.2 Å². The van der Waals surface area contributed by atoms with Gasteiger partial charge in [-0.1, -0.05) is 12.1 Å². The molecule has 4 amide bonds. The van der Waals surface area contributed by atoms with Crippen LogP contribution in [0.25, 0.3) is 0 Å². The van der Waals surface area contributed by atoms with Crippen LogP contribution in [0.4, 0.5) is 18.4 Å². The van der Waals surface area contributed by atoms with E-state index in [0.717, 1.165) is 12.1 Å². The van der Waals surface area contributed by atoms with Gasteiger partial charge in [-0.2, -0.15) is 0 Å². The van der Waals surface area contributed by atoms with Crippen molar-refractivity contribution in [1.82, 2.24) is 20.4 Å². The summed E-state index contributed by atoms with van der Waals surface area (Å²) in [6.45, 7) is 1.78. The number of amides is 4. The number of nitrogens with one attached hydrogen (secondary N) is 2. The minimum absolute atomic E-state index is 0.122. The Labute approximate surface area is 212 Å². The zero-order valence-electron chi connectivity index (χ0n) is 20.6. The average Bonchev–Trinajstić information content (AvgIpc) is 3.52. The van der Waals surface area contributed by atoms with E-state index in [1.807, 2.05) is 6.92 Å². The van der Waals surface area contributed by atoms with Crippen LogP contribution in [-0.2, 0) is 14.3 Å². The first kappa shape index (κ1) is 24.9. The Bertz CT molecular complexity index is 1250. The maximum atomic E-state index is 13.9. The summed E-state index contributed by atoms with van der Waals surface area (Å²) in [6.07, 6.45) is 4.75. The van der Waals surface area contributed by atoms with Gasteiger partial charge in [-0.25, -0.2) is 18.4 Å². The Morgan fingerprint density at radius 1 is 1.14 bits per heavy atom. The van der Waals surface area contributed by atoms with Crippen molar-refractivity contribution in [3.05, 3.63) is 58.8 Å². The van der Waals surface area contributed by atoms with Crippen LogP contribution in [0.5, 0.6) is 0 Å². The molecule has 1 aromatic rings. The maximum Gasteiger partial charge on any atom is 0.411 e. The Hall–Kier alpha value is -3.76. The number of ether oxygens (including phenoxy) is 1. The predicted octanol–water partition coefficient (Wildman–Crippen LogP) is 2.94. The number of rotatable bonds is 4. The Kier molecular flexibility index (Phi) is 6.25. The number of hydrogen-bond donors (Lipinski definition) is 2. The third-order valence-corrected chi connectivity index (χ3v) is 7.82. The van der Waals surface area contributed by atoms with E-state index in [1.165, 1.54) is 24.1 Å². The molecule has 0 radical (unpaired) electrons. The highest BCUT2D eigenvalue weighted by Gasteiger charge is 2.56. The molecular weight excluding hydrogens is 486 g/mol. The van der Waals surface area contributed by atoms with Crippen molar-refractivity contribution in [3.8, 4) is 0 Å². The fraction of sp³-hybridized carbons (Fsp3) is 0.462. The molecule has 1 spiro atoms. The van der Waals surface area contributed by atoms with E-state index in [4.69, 9.17) is 4.74 Å². The highest BCUT2D eigenvalue weighted by Crippen LogP contribution is 2.48. The van der Waals surface area contributed by atoms with Crippen molar-refractivity contribution in [2.75, 3.05) is 20.1 Å². The molecule has 2 N–H and O–H groups in total. The van der Waals surface area contributed by atoms with E-state index in [1.54, 1.807) is 11.0 Å². The minimum Gasteiger partial charge on any atom is -0.436 e. The topological polar surface area (TPSA) is 108 Å². The van der Waals surface area contributed by atoms with E-state index in [-0.39, 0.29) is 36.5 Å². The summed E-state index contributed by atoms with van der Waals surface area (Å²) in [5, 5.41) is 4.92. The molecule has 2 unspecified atom stereocenters. The lowest BCUT2D eigenvalue weighted by Gasteiger charge is -2.31. The summed E-state index contributed by atoms with van der Waals surface area (Å²) in [4.78, 5) is 53.8. The molecule has 11 heteroatoms. The zero-order valence-corrected chi connectivity index (χ0v) is 20.6. The van der Waals surface area contributed by atoms with Crippen molar-refractivity contribution >= 4 is 23.8 Å². The normalized spacial score (nSPS) is 28.7. The van der Waals surface area contributed by atoms with Gasteiger partial charge in [-0.05, 0) is 62.0 Å². The molecule has 4 atom stereocenters. The van der Waals surface area contributed by atoms with Gasteiger partial charge in [0.1, 0.15) is 6.54 Å². The largest absolute Gasteiger partial charge is 0.436 e. The highest BCUT2D eigenvalue weighted by atomic mass is 19.2. The van der Waals surface area contributed by atoms with Gasteiger partial charge in [0, 0.05) is 19.0 Å². The molecule has 0 bridgehead atoms. The number of urea groups is 1. The van der Waals surface area contributed by atoms with E-state index >= 15 is 0 Å². The summed E-state index contributed by atoms with van der Waals surface area (Å²) in [6, 6.07) is 2.59. The number of carbonyl (C=O) groups excluding carboxylic acids is 4. The Morgan fingerprint density at radius 3 is 2.65 bits per heavy atom. The number of Topliss-reactive ketones (excluding diaryl/α,β-unsaturated/α-hetero) is 1. The zero-order chi connectivity index (χ0) is 26.5. The molecule has 37 heavy (non-hydrogen) atoms. The molecule has 196 valence electrons. The molecule has 9 nitrogen and oxygen atoms in total. The molecule has 5 rings (SSSR count). The van der Waals surface area contributed by atoms with E-state index < -0.39 is 41.3 Å². The lowest BCUT2D eigenvalue weighted by Crippen LogP contribution is -2.44. The second-order valence-corrected chi connectivity index (χ2v) is 10.00. The standard InChI is InChI=1S/C26H28F2N4O5/c1-14-3-8-21(15-4-6-18(27)19(28)11-15)32(14)22(33)12-31-13-26(37-25(31)36)10-9-16-17(26)5-7-20(23(16)34)30-24(35)29-2/h4-7,11,14,16,21H,3,8-10,12-13H2,1-2H3,(H2,29,30,35)/t14-,16?,21?,26-/m0/s1. The van der Waals surface area contributed by atoms with Crippen LogP contribution >= 0.6 is 0 Å². The number of fused-ring (bicyclic) bond motifs is 2. The number of likely N-dealkylation sites (tertiary alicyclic amines) is 1. The fourth-order valence-electron chi connectivity index (χ4n) is 6.00. The van der Waals surface area contributed by atoms with Crippen molar-refractivity contribution in [1.29, 1.82) is 0 Å². The molecule has 1 saturated carbocycles. The third-order valence-electron chi connectivity index (χ3n) is 7.82. The number of nitrogens with zero attached hydrogens (tertiary/aromatic N) is 2. The van der Waals surface area contributed by atoms with Gasteiger partial charge < -0.3 is 20.3 Å². The third kappa shape index (κ3) is 4.25. The van der Waals surface area contributed by atoms with Gasteiger partial charge in [-0.15, -0.1) is 0 Å². The monoisotopic (exact) mass is 514 g/mol. The van der Waals surface area contributed by atoms with Gasteiger partial charge in [0.15, 0.2) is 23.0 Å². The number of carbonyl (C=O) groups is 4. The minimum atomic E-state index is -1.01. The lowest BCUT2D eigenvalue weighted by molar-refractivity contribution is -0.134. The van der Waals surface area contributed by atoms with Crippen molar-refractivity contribution in [2.24, 2.45) is 5.92 Å². The highest BCUT2D eigenvalue weighted by molar-refractivity contribution is 6.03. The summed E-state index contributed by atoms with van der Waals surface area (Å²) < 4.78 is 33.1. The van der Waals surface area contributed by atoms with Crippen molar-refractivity contribution in [3.63, 3.8) is 0 Å². The van der Waals surface area contributed by atoms with Gasteiger partial charge in [0.2, 0.25) is 5.91 Å². The van der Waals surface area contributed by atoms with E-state index in [9.17, 15) is 28.0 Å².